The van der Waals surface area contributed by atoms with Crippen LogP contribution in [0.5, 0.6) is 5.75 Å². The van der Waals surface area contributed by atoms with Crippen molar-refractivity contribution in [2.45, 2.75) is 64.2 Å². The van der Waals surface area contributed by atoms with Crippen LogP contribution in [0.3, 0.4) is 0 Å². The van der Waals surface area contributed by atoms with Crippen molar-refractivity contribution in [2.24, 2.45) is 13.0 Å². The molecule has 0 radical (unpaired) electrons. The van der Waals surface area contributed by atoms with Gasteiger partial charge in [0.2, 0.25) is 0 Å². The average molecular weight is 450 g/mol. The molecule has 0 bridgehead atoms. The first-order chi connectivity index (χ1) is 16.1. The third-order valence-electron chi connectivity index (χ3n) is 7.71. The Bertz CT molecular complexity index is 1180. The van der Waals surface area contributed by atoms with Gasteiger partial charge in [-0.25, -0.2) is 9.67 Å². The molecule has 176 valence electrons. The summed E-state index contributed by atoms with van der Waals surface area (Å²) in [5.74, 6) is 2.43. The first-order valence-electron chi connectivity index (χ1n) is 12.5. The summed E-state index contributed by atoms with van der Waals surface area (Å²) in [5.41, 5.74) is 3.39. The number of hydrogen-bond acceptors (Lipinski definition) is 5. The zero-order valence-corrected chi connectivity index (χ0v) is 20.1. The molecule has 2 fully saturated rings. The predicted octanol–water partition coefficient (Wildman–Crippen LogP) is 5.01. The van der Waals surface area contributed by atoms with Crippen molar-refractivity contribution in [1.29, 1.82) is 0 Å². The minimum Gasteiger partial charge on any atom is -0.496 e. The lowest BCUT2D eigenvalue weighted by atomic mass is 9.86. The van der Waals surface area contributed by atoms with Crippen LogP contribution in [0, 0.1) is 5.92 Å². The summed E-state index contributed by atoms with van der Waals surface area (Å²) in [6.07, 6.45) is 9.58. The summed E-state index contributed by atoms with van der Waals surface area (Å²) in [7, 11) is 3.55. The SMILES string of the molecule is CCC1CCN(c2ccc(-c3nc4c(c(C5CCCCC5)nn4C)c(=O)[nH]3)c(OC)c2)CC1. The average Bonchev–Trinajstić information content (AvgIpc) is 3.21. The Labute approximate surface area is 195 Å². The molecule has 1 N–H and O–H groups in total. The molecule has 1 aromatic carbocycles. The highest BCUT2D eigenvalue weighted by Gasteiger charge is 2.25. The third kappa shape index (κ3) is 4.13. The van der Waals surface area contributed by atoms with Gasteiger partial charge in [-0.2, -0.15) is 5.10 Å². The molecule has 5 rings (SSSR count). The van der Waals surface area contributed by atoms with Gasteiger partial charge in [-0.15, -0.1) is 0 Å². The molecule has 1 saturated heterocycles. The van der Waals surface area contributed by atoms with Crippen LogP contribution in [0.15, 0.2) is 23.0 Å². The molecular weight excluding hydrogens is 414 g/mol. The van der Waals surface area contributed by atoms with E-state index >= 15 is 0 Å². The van der Waals surface area contributed by atoms with E-state index in [0.29, 0.717) is 22.8 Å². The quantitative estimate of drug-likeness (QED) is 0.593. The van der Waals surface area contributed by atoms with Gasteiger partial charge in [-0.05, 0) is 43.7 Å². The minimum absolute atomic E-state index is 0.114. The van der Waals surface area contributed by atoms with E-state index in [-0.39, 0.29) is 5.56 Å². The Morgan fingerprint density at radius 3 is 2.58 bits per heavy atom. The molecule has 3 heterocycles. The van der Waals surface area contributed by atoms with Gasteiger partial charge in [-0.1, -0.05) is 32.6 Å². The number of piperidine rings is 1. The number of methoxy groups -OCH3 is 1. The highest BCUT2D eigenvalue weighted by molar-refractivity contribution is 5.81. The smallest absolute Gasteiger partial charge is 0.262 e. The van der Waals surface area contributed by atoms with Crippen LogP contribution < -0.4 is 15.2 Å². The summed E-state index contributed by atoms with van der Waals surface area (Å²) in [4.78, 5) is 23.5. The van der Waals surface area contributed by atoms with Crippen LogP contribution in [0.25, 0.3) is 22.4 Å². The highest BCUT2D eigenvalue weighted by atomic mass is 16.5. The maximum absolute atomic E-state index is 13.2. The van der Waals surface area contributed by atoms with Gasteiger partial charge in [-0.3, -0.25) is 4.79 Å². The molecule has 0 unspecified atom stereocenters. The Morgan fingerprint density at radius 1 is 1.12 bits per heavy atom. The van der Waals surface area contributed by atoms with Crippen molar-refractivity contribution < 1.29 is 4.74 Å². The predicted molar refractivity (Wildman–Crippen MR) is 132 cm³/mol. The number of benzene rings is 1. The molecule has 1 aliphatic carbocycles. The largest absolute Gasteiger partial charge is 0.496 e. The number of aryl methyl sites for hydroxylation is 1. The number of nitrogens with one attached hydrogen (secondary N) is 1. The molecule has 0 amide bonds. The minimum atomic E-state index is -0.114. The third-order valence-corrected chi connectivity index (χ3v) is 7.71. The fraction of sp³-hybridized carbons (Fsp3) is 0.577. The summed E-state index contributed by atoms with van der Waals surface area (Å²) in [5, 5.41) is 5.38. The number of fused-ring (bicyclic) bond motifs is 1. The van der Waals surface area contributed by atoms with Gasteiger partial charge in [0.05, 0.1) is 18.4 Å². The van der Waals surface area contributed by atoms with Crippen LogP contribution in [0.2, 0.25) is 0 Å². The molecule has 0 spiro atoms. The normalized spacial score (nSPS) is 18.2. The summed E-state index contributed by atoms with van der Waals surface area (Å²) in [6, 6.07) is 6.20. The van der Waals surface area contributed by atoms with E-state index in [0.717, 1.165) is 54.5 Å². The number of hydrogen-bond donors (Lipinski definition) is 1. The number of H-pyrrole nitrogens is 1. The molecule has 7 nitrogen and oxygen atoms in total. The Kier molecular flexibility index (Phi) is 6.13. The fourth-order valence-electron chi connectivity index (χ4n) is 5.65. The van der Waals surface area contributed by atoms with E-state index in [1.54, 1.807) is 11.8 Å². The second-order valence-electron chi connectivity index (χ2n) is 9.68. The van der Waals surface area contributed by atoms with E-state index in [9.17, 15) is 4.79 Å². The molecular formula is C26H35N5O2. The van der Waals surface area contributed by atoms with Crippen molar-refractivity contribution in [3.63, 3.8) is 0 Å². The maximum atomic E-state index is 13.2. The molecule has 1 aliphatic heterocycles. The van der Waals surface area contributed by atoms with Gasteiger partial charge in [0.1, 0.15) is 17.0 Å². The lowest BCUT2D eigenvalue weighted by Gasteiger charge is -2.33. The second kappa shape index (κ2) is 9.20. The highest BCUT2D eigenvalue weighted by Crippen LogP contribution is 2.36. The standard InChI is InChI=1S/C26H35N5O2/c1-4-17-12-14-31(15-13-17)19-10-11-20(21(16-19)33-3)24-27-25-22(26(32)28-24)23(29-30(25)2)18-8-6-5-7-9-18/h10-11,16-18H,4-9,12-15H2,1-3H3,(H,27,28,32). The lowest BCUT2D eigenvalue weighted by Crippen LogP contribution is -2.33. The fourth-order valence-corrected chi connectivity index (χ4v) is 5.65. The number of anilines is 1. The van der Waals surface area contributed by atoms with E-state index < -0.39 is 0 Å². The number of nitrogens with zero attached hydrogens (tertiary/aromatic N) is 4. The monoisotopic (exact) mass is 449 g/mol. The van der Waals surface area contributed by atoms with Crippen LogP contribution in [-0.2, 0) is 7.05 Å². The number of aromatic amines is 1. The molecule has 33 heavy (non-hydrogen) atoms. The van der Waals surface area contributed by atoms with Crippen molar-refractivity contribution in [3.05, 3.63) is 34.2 Å². The second-order valence-corrected chi connectivity index (χ2v) is 9.68. The topological polar surface area (TPSA) is 76.0 Å². The van der Waals surface area contributed by atoms with Crippen LogP contribution in [0.4, 0.5) is 5.69 Å². The van der Waals surface area contributed by atoms with Crippen molar-refractivity contribution in [1.82, 2.24) is 19.7 Å². The Balaban J connectivity index is 1.50. The number of rotatable bonds is 5. The van der Waals surface area contributed by atoms with Crippen molar-refractivity contribution in [2.75, 3.05) is 25.1 Å². The lowest BCUT2D eigenvalue weighted by molar-refractivity contribution is 0.393. The zero-order valence-electron chi connectivity index (χ0n) is 20.1. The summed E-state index contributed by atoms with van der Waals surface area (Å²) < 4.78 is 7.51. The van der Waals surface area contributed by atoms with Crippen molar-refractivity contribution >= 4 is 16.7 Å². The Hall–Kier alpha value is -2.83. The van der Waals surface area contributed by atoms with E-state index in [4.69, 9.17) is 14.8 Å². The molecule has 1 saturated carbocycles. The Morgan fingerprint density at radius 2 is 1.88 bits per heavy atom. The van der Waals surface area contributed by atoms with E-state index in [1.807, 2.05) is 13.1 Å². The van der Waals surface area contributed by atoms with Crippen LogP contribution >= 0.6 is 0 Å². The van der Waals surface area contributed by atoms with Gasteiger partial charge < -0.3 is 14.6 Å². The first kappa shape index (κ1) is 22.0. The molecule has 2 aliphatic rings. The maximum Gasteiger partial charge on any atom is 0.262 e. The number of aromatic nitrogens is 4. The van der Waals surface area contributed by atoms with Crippen LogP contribution in [0.1, 0.15) is 69.9 Å². The van der Waals surface area contributed by atoms with Gasteiger partial charge in [0.15, 0.2) is 5.65 Å². The van der Waals surface area contributed by atoms with Gasteiger partial charge in [0.25, 0.3) is 5.56 Å². The summed E-state index contributed by atoms with van der Waals surface area (Å²) >= 11 is 0. The zero-order chi connectivity index (χ0) is 22.9. The van der Waals surface area contributed by atoms with E-state index in [2.05, 4.69) is 28.9 Å². The molecule has 3 aromatic rings. The van der Waals surface area contributed by atoms with Gasteiger partial charge >= 0.3 is 0 Å². The summed E-state index contributed by atoms with van der Waals surface area (Å²) in [6.45, 7) is 4.42. The first-order valence-corrected chi connectivity index (χ1v) is 12.5. The molecule has 0 atom stereocenters. The molecule has 2 aromatic heterocycles. The van der Waals surface area contributed by atoms with Gasteiger partial charge in [0, 0.05) is 37.8 Å². The molecule has 7 heteroatoms. The van der Waals surface area contributed by atoms with Crippen LogP contribution in [-0.4, -0.2) is 39.9 Å². The van der Waals surface area contributed by atoms with E-state index in [1.165, 1.54) is 38.5 Å². The van der Waals surface area contributed by atoms with Crippen molar-refractivity contribution in [3.8, 4) is 17.1 Å². The number of ether oxygens (including phenoxy) is 1.